The van der Waals surface area contributed by atoms with E-state index in [1.54, 1.807) is 29.5 Å². The van der Waals surface area contributed by atoms with E-state index >= 15 is 0 Å². The van der Waals surface area contributed by atoms with Crippen LogP contribution in [0.2, 0.25) is 5.02 Å². The minimum atomic E-state index is -0.109. The molecule has 110 valence electrons. The molecule has 1 aliphatic rings. The first-order valence-corrected chi connectivity index (χ1v) is 8.31. The molecule has 0 spiro atoms. The zero-order valence-corrected chi connectivity index (χ0v) is 13.2. The molecular weight excluding hydrogens is 304 g/mol. The van der Waals surface area contributed by atoms with Crippen LogP contribution in [0.4, 0.5) is 11.4 Å². The predicted octanol–water partition coefficient (Wildman–Crippen LogP) is 4.50. The molecule has 21 heavy (non-hydrogen) atoms. The number of nitrogens with two attached hydrogens (primary N) is 1. The third kappa shape index (κ3) is 3.22. The highest BCUT2D eigenvalue weighted by molar-refractivity contribution is 7.14. The number of hydrogen-bond donors (Lipinski definition) is 2. The first-order valence-electron chi connectivity index (χ1n) is 7.11. The zero-order valence-electron chi connectivity index (χ0n) is 11.6. The number of fused-ring (bicyclic) bond motifs is 1. The third-order valence-corrected chi connectivity index (χ3v) is 5.20. The lowest BCUT2D eigenvalue weighted by atomic mass is 10.1. The highest BCUT2D eigenvalue weighted by atomic mass is 35.5. The fraction of sp³-hybridized carbons (Fsp3) is 0.312. The molecule has 1 aromatic heterocycles. The van der Waals surface area contributed by atoms with Crippen molar-refractivity contribution in [2.45, 2.75) is 32.1 Å². The van der Waals surface area contributed by atoms with Crippen molar-refractivity contribution in [3.05, 3.63) is 44.6 Å². The average Bonchev–Trinajstić information content (AvgIpc) is 2.74. The Balaban J connectivity index is 1.81. The van der Waals surface area contributed by atoms with E-state index < -0.39 is 0 Å². The van der Waals surface area contributed by atoms with Gasteiger partial charge in [-0.15, -0.1) is 11.3 Å². The highest BCUT2D eigenvalue weighted by Gasteiger charge is 2.17. The van der Waals surface area contributed by atoms with Crippen molar-refractivity contribution in [1.29, 1.82) is 0 Å². The lowest BCUT2D eigenvalue weighted by Crippen LogP contribution is -2.11. The Hall–Kier alpha value is -1.52. The first-order chi connectivity index (χ1) is 10.1. The van der Waals surface area contributed by atoms with E-state index in [9.17, 15) is 4.79 Å². The van der Waals surface area contributed by atoms with Crippen LogP contribution in [0.15, 0.2) is 24.3 Å². The standard InChI is InChI=1S/C16H17ClN2OS/c17-11-6-7-12(18)13(9-11)19-16(20)15-8-10-4-2-1-3-5-14(10)21-15/h6-9H,1-5,18H2,(H,19,20). The van der Waals surface area contributed by atoms with Crippen molar-refractivity contribution in [1.82, 2.24) is 0 Å². The number of hydrogen-bond acceptors (Lipinski definition) is 3. The number of rotatable bonds is 2. The van der Waals surface area contributed by atoms with Crippen LogP contribution in [0.25, 0.3) is 0 Å². The normalized spacial score (nSPS) is 14.3. The number of thiophene rings is 1. The van der Waals surface area contributed by atoms with E-state index in [1.807, 2.05) is 6.07 Å². The van der Waals surface area contributed by atoms with Crippen molar-refractivity contribution >= 4 is 40.2 Å². The summed E-state index contributed by atoms with van der Waals surface area (Å²) in [5.74, 6) is -0.109. The van der Waals surface area contributed by atoms with Crippen LogP contribution in [-0.4, -0.2) is 5.91 Å². The number of benzene rings is 1. The van der Waals surface area contributed by atoms with Crippen molar-refractivity contribution < 1.29 is 4.79 Å². The maximum atomic E-state index is 12.4. The molecule has 3 N–H and O–H groups in total. The van der Waals surface area contributed by atoms with Crippen LogP contribution in [0.3, 0.4) is 0 Å². The number of carbonyl (C=O) groups is 1. The third-order valence-electron chi connectivity index (χ3n) is 3.73. The van der Waals surface area contributed by atoms with E-state index in [0.29, 0.717) is 16.4 Å². The van der Waals surface area contributed by atoms with Gasteiger partial charge in [0.05, 0.1) is 16.3 Å². The van der Waals surface area contributed by atoms with Crippen molar-refractivity contribution in [2.75, 3.05) is 11.1 Å². The van der Waals surface area contributed by atoms with Crippen LogP contribution in [0, 0.1) is 0 Å². The molecule has 1 amide bonds. The smallest absolute Gasteiger partial charge is 0.265 e. The topological polar surface area (TPSA) is 55.1 Å². The minimum absolute atomic E-state index is 0.109. The van der Waals surface area contributed by atoms with E-state index in [-0.39, 0.29) is 5.91 Å². The number of amides is 1. The molecule has 0 fully saturated rings. The number of nitrogen functional groups attached to an aromatic ring is 1. The molecule has 0 aliphatic heterocycles. The van der Waals surface area contributed by atoms with Crippen LogP contribution < -0.4 is 11.1 Å². The molecule has 0 bridgehead atoms. The number of halogens is 1. The average molecular weight is 321 g/mol. The summed E-state index contributed by atoms with van der Waals surface area (Å²) in [5, 5.41) is 3.41. The summed E-state index contributed by atoms with van der Waals surface area (Å²) < 4.78 is 0. The van der Waals surface area contributed by atoms with Gasteiger partial charge in [0.2, 0.25) is 0 Å². The molecule has 0 atom stereocenters. The molecule has 1 aromatic carbocycles. The Morgan fingerprint density at radius 3 is 2.86 bits per heavy atom. The van der Waals surface area contributed by atoms with Crippen molar-refractivity contribution in [3.8, 4) is 0 Å². The molecule has 3 nitrogen and oxygen atoms in total. The summed E-state index contributed by atoms with van der Waals surface area (Å²) in [7, 11) is 0. The molecule has 3 rings (SSSR count). The molecule has 1 aliphatic carbocycles. The van der Waals surface area contributed by atoms with Gasteiger partial charge in [-0.2, -0.15) is 0 Å². The number of nitrogens with one attached hydrogen (secondary N) is 1. The lowest BCUT2D eigenvalue weighted by Gasteiger charge is -2.07. The van der Waals surface area contributed by atoms with E-state index in [4.69, 9.17) is 17.3 Å². The van der Waals surface area contributed by atoms with E-state index in [1.165, 1.54) is 29.7 Å². The summed E-state index contributed by atoms with van der Waals surface area (Å²) in [4.78, 5) is 14.5. The summed E-state index contributed by atoms with van der Waals surface area (Å²) >= 11 is 7.54. The second-order valence-electron chi connectivity index (χ2n) is 5.31. The van der Waals surface area contributed by atoms with Gasteiger partial charge in [-0.05, 0) is 55.5 Å². The highest BCUT2D eigenvalue weighted by Crippen LogP contribution is 2.30. The monoisotopic (exact) mass is 320 g/mol. The molecule has 0 saturated heterocycles. The molecule has 2 aromatic rings. The molecular formula is C16H17ClN2OS. The van der Waals surface area contributed by atoms with Gasteiger partial charge in [0.1, 0.15) is 0 Å². The SMILES string of the molecule is Nc1ccc(Cl)cc1NC(=O)c1cc2c(s1)CCCCC2. The molecule has 1 heterocycles. The van der Waals surface area contributed by atoms with Gasteiger partial charge in [0.25, 0.3) is 5.91 Å². The quantitative estimate of drug-likeness (QED) is 0.632. The summed E-state index contributed by atoms with van der Waals surface area (Å²) in [6.07, 6.45) is 5.88. The fourth-order valence-electron chi connectivity index (χ4n) is 2.60. The summed E-state index contributed by atoms with van der Waals surface area (Å²) in [5.41, 5.74) is 8.28. The zero-order chi connectivity index (χ0) is 14.8. The van der Waals surface area contributed by atoms with Crippen molar-refractivity contribution in [2.24, 2.45) is 0 Å². The Labute approximate surface area is 133 Å². The maximum Gasteiger partial charge on any atom is 0.265 e. The second-order valence-corrected chi connectivity index (χ2v) is 6.88. The van der Waals surface area contributed by atoms with Crippen LogP contribution >= 0.6 is 22.9 Å². The predicted molar refractivity (Wildman–Crippen MR) is 89.4 cm³/mol. The summed E-state index contributed by atoms with van der Waals surface area (Å²) in [6.45, 7) is 0. The van der Waals surface area contributed by atoms with Crippen LogP contribution in [-0.2, 0) is 12.8 Å². The first kappa shape index (κ1) is 14.4. The number of aryl methyl sites for hydroxylation is 2. The van der Waals surface area contributed by atoms with Gasteiger partial charge in [-0.25, -0.2) is 0 Å². The minimum Gasteiger partial charge on any atom is -0.397 e. The Morgan fingerprint density at radius 1 is 1.19 bits per heavy atom. The van der Waals surface area contributed by atoms with Gasteiger partial charge in [0, 0.05) is 9.90 Å². The number of carbonyl (C=O) groups excluding carboxylic acids is 1. The molecule has 5 heteroatoms. The Kier molecular flexibility index (Phi) is 4.17. The molecule has 0 radical (unpaired) electrons. The van der Waals surface area contributed by atoms with Gasteiger partial charge < -0.3 is 11.1 Å². The van der Waals surface area contributed by atoms with Crippen molar-refractivity contribution in [3.63, 3.8) is 0 Å². The molecule has 0 unspecified atom stereocenters. The lowest BCUT2D eigenvalue weighted by molar-refractivity contribution is 0.103. The fourth-order valence-corrected chi connectivity index (χ4v) is 3.92. The Bertz CT molecular complexity index is 657. The van der Waals surface area contributed by atoms with E-state index in [0.717, 1.165) is 17.7 Å². The van der Waals surface area contributed by atoms with Crippen LogP contribution in [0.1, 0.15) is 39.4 Å². The van der Waals surface area contributed by atoms with Gasteiger partial charge in [-0.3, -0.25) is 4.79 Å². The largest absolute Gasteiger partial charge is 0.397 e. The molecule has 0 saturated carbocycles. The maximum absolute atomic E-state index is 12.4. The van der Waals surface area contributed by atoms with Gasteiger partial charge in [-0.1, -0.05) is 18.0 Å². The van der Waals surface area contributed by atoms with Crippen LogP contribution in [0.5, 0.6) is 0 Å². The van der Waals surface area contributed by atoms with Gasteiger partial charge >= 0.3 is 0 Å². The van der Waals surface area contributed by atoms with Gasteiger partial charge in [0.15, 0.2) is 0 Å². The number of anilines is 2. The second kappa shape index (κ2) is 6.08. The Morgan fingerprint density at radius 2 is 2.00 bits per heavy atom. The van der Waals surface area contributed by atoms with E-state index in [2.05, 4.69) is 5.32 Å². The summed E-state index contributed by atoms with van der Waals surface area (Å²) in [6, 6.07) is 7.11.